The van der Waals surface area contributed by atoms with Gasteiger partial charge < -0.3 is 15.4 Å². The first kappa shape index (κ1) is 22.6. The summed E-state index contributed by atoms with van der Waals surface area (Å²) in [5.74, 6) is -0.316. The zero-order valence-electron chi connectivity index (χ0n) is 19.9. The minimum atomic E-state index is -0.254. The predicted molar refractivity (Wildman–Crippen MR) is 136 cm³/mol. The van der Waals surface area contributed by atoms with Gasteiger partial charge in [-0.2, -0.15) is 0 Å². The molecule has 2 saturated heterocycles. The van der Waals surface area contributed by atoms with E-state index in [2.05, 4.69) is 24.5 Å². The molecule has 2 aliphatic heterocycles. The minimum absolute atomic E-state index is 0.0622. The van der Waals surface area contributed by atoms with Gasteiger partial charge >= 0.3 is 0 Å². The van der Waals surface area contributed by atoms with Gasteiger partial charge in [0.05, 0.1) is 15.9 Å². The fraction of sp³-hybridized carbons (Fsp3) is 0.407. The molecule has 6 nitrogen and oxygen atoms in total. The number of fused-ring (bicyclic) bond motifs is 3. The third-order valence-corrected chi connectivity index (χ3v) is 8.22. The van der Waals surface area contributed by atoms with E-state index in [-0.39, 0.29) is 29.3 Å². The number of hydrogen-bond acceptors (Lipinski definition) is 5. The Labute approximate surface area is 207 Å². The Balaban J connectivity index is 1.25. The molecule has 0 aliphatic carbocycles. The SMILES string of the molecule is CC1(C)CCC(c2ccc(-c3cn4c(n3)sc3cc(C(=O)NC5CCOCC5)ccc34)c(F)c2)N1. The molecule has 2 aromatic heterocycles. The summed E-state index contributed by atoms with van der Waals surface area (Å²) in [6, 6.07) is 11.5. The molecule has 2 aliphatic rings. The van der Waals surface area contributed by atoms with Crippen molar-refractivity contribution in [1.82, 2.24) is 20.0 Å². The van der Waals surface area contributed by atoms with Gasteiger partial charge in [0.25, 0.3) is 5.91 Å². The van der Waals surface area contributed by atoms with Crippen molar-refractivity contribution in [2.24, 2.45) is 0 Å². The predicted octanol–water partition coefficient (Wildman–Crippen LogP) is 5.47. The van der Waals surface area contributed by atoms with Gasteiger partial charge in [-0.15, -0.1) is 0 Å². The van der Waals surface area contributed by atoms with Crippen LogP contribution in [0.15, 0.2) is 42.6 Å². The first-order chi connectivity index (χ1) is 16.9. The number of halogens is 1. The molecule has 1 atom stereocenters. The van der Waals surface area contributed by atoms with E-state index in [0.717, 1.165) is 46.4 Å². The third-order valence-electron chi connectivity index (χ3n) is 7.21. The van der Waals surface area contributed by atoms with Crippen molar-refractivity contribution in [2.45, 2.75) is 57.2 Å². The fourth-order valence-corrected chi connectivity index (χ4v) is 6.26. The molecular weight excluding hydrogens is 463 g/mol. The Bertz CT molecular complexity index is 1420. The first-order valence-electron chi connectivity index (χ1n) is 12.2. The summed E-state index contributed by atoms with van der Waals surface area (Å²) in [6.07, 6.45) is 5.65. The van der Waals surface area contributed by atoms with E-state index in [1.54, 1.807) is 6.07 Å². The van der Waals surface area contributed by atoms with Crippen LogP contribution in [0.1, 0.15) is 61.5 Å². The summed E-state index contributed by atoms with van der Waals surface area (Å²) >= 11 is 1.50. The van der Waals surface area contributed by atoms with E-state index in [0.29, 0.717) is 30.0 Å². The molecule has 1 unspecified atom stereocenters. The maximum Gasteiger partial charge on any atom is 0.251 e. The molecular formula is C27H29FN4O2S. The van der Waals surface area contributed by atoms with Gasteiger partial charge in [-0.1, -0.05) is 17.4 Å². The number of carbonyl (C=O) groups is 1. The van der Waals surface area contributed by atoms with Crippen LogP contribution in [0.5, 0.6) is 0 Å². The van der Waals surface area contributed by atoms with Crippen molar-refractivity contribution in [2.75, 3.05) is 13.2 Å². The van der Waals surface area contributed by atoms with Gasteiger partial charge in [-0.25, -0.2) is 9.37 Å². The lowest BCUT2D eigenvalue weighted by Crippen LogP contribution is -2.38. The maximum atomic E-state index is 15.1. The number of benzene rings is 2. The van der Waals surface area contributed by atoms with Crippen LogP contribution in [0.25, 0.3) is 26.4 Å². The number of rotatable bonds is 4. The lowest BCUT2D eigenvalue weighted by Gasteiger charge is -2.23. The van der Waals surface area contributed by atoms with Gasteiger partial charge in [-0.05, 0) is 75.4 Å². The molecule has 1 amide bonds. The number of aromatic nitrogens is 2. The maximum absolute atomic E-state index is 15.1. The lowest BCUT2D eigenvalue weighted by molar-refractivity contribution is 0.0696. The van der Waals surface area contributed by atoms with Gasteiger partial charge in [-0.3, -0.25) is 9.20 Å². The molecule has 2 fully saturated rings. The quantitative estimate of drug-likeness (QED) is 0.397. The number of hydrogen-bond donors (Lipinski definition) is 2. The lowest BCUT2D eigenvalue weighted by atomic mass is 10.0. The second-order valence-electron chi connectivity index (χ2n) is 10.3. The summed E-state index contributed by atoms with van der Waals surface area (Å²) in [5.41, 5.74) is 3.78. The van der Waals surface area contributed by atoms with Crippen molar-refractivity contribution in [3.63, 3.8) is 0 Å². The zero-order chi connectivity index (χ0) is 24.2. The largest absolute Gasteiger partial charge is 0.381 e. The molecule has 0 spiro atoms. The number of nitrogens with one attached hydrogen (secondary N) is 2. The molecule has 0 saturated carbocycles. The van der Waals surface area contributed by atoms with Crippen LogP contribution in [-0.2, 0) is 4.74 Å². The Morgan fingerprint density at radius 2 is 2.03 bits per heavy atom. The van der Waals surface area contributed by atoms with Gasteiger partial charge in [0.1, 0.15) is 5.82 Å². The van der Waals surface area contributed by atoms with Crippen LogP contribution in [-0.4, -0.2) is 40.1 Å². The summed E-state index contributed by atoms with van der Waals surface area (Å²) in [6.45, 7) is 5.74. The molecule has 4 heterocycles. The Kier molecular flexibility index (Phi) is 5.62. The Morgan fingerprint density at radius 1 is 1.20 bits per heavy atom. The van der Waals surface area contributed by atoms with Crippen molar-refractivity contribution in [3.05, 3.63) is 59.5 Å². The average Bonchev–Trinajstić information content (AvgIpc) is 3.51. The van der Waals surface area contributed by atoms with Crippen molar-refractivity contribution in [3.8, 4) is 11.3 Å². The van der Waals surface area contributed by atoms with Crippen LogP contribution in [0, 0.1) is 5.82 Å². The van der Waals surface area contributed by atoms with Crippen molar-refractivity contribution < 1.29 is 13.9 Å². The normalized spacial score (nSPS) is 20.6. The van der Waals surface area contributed by atoms with E-state index in [1.165, 1.54) is 11.3 Å². The van der Waals surface area contributed by atoms with E-state index >= 15 is 4.39 Å². The highest BCUT2D eigenvalue weighted by Gasteiger charge is 2.31. The summed E-state index contributed by atoms with van der Waals surface area (Å²) in [7, 11) is 0. The minimum Gasteiger partial charge on any atom is -0.381 e. The van der Waals surface area contributed by atoms with Crippen molar-refractivity contribution >= 4 is 32.4 Å². The molecule has 2 aromatic carbocycles. The second kappa shape index (κ2) is 8.69. The van der Waals surface area contributed by atoms with Crippen LogP contribution < -0.4 is 10.6 Å². The van der Waals surface area contributed by atoms with Crippen LogP contribution in [0.4, 0.5) is 4.39 Å². The van der Waals surface area contributed by atoms with Crippen LogP contribution in [0.3, 0.4) is 0 Å². The second-order valence-corrected chi connectivity index (χ2v) is 11.3. The highest BCUT2D eigenvalue weighted by molar-refractivity contribution is 7.23. The number of thiazole rings is 1. The molecule has 182 valence electrons. The van der Waals surface area contributed by atoms with Gasteiger partial charge in [0.2, 0.25) is 0 Å². The number of imidazole rings is 1. The van der Waals surface area contributed by atoms with Crippen LogP contribution >= 0.6 is 11.3 Å². The highest BCUT2D eigenvalue weighted by atomic mass is 32.1. The standard InChI is InChI=1S/C27H29FN4O2S/c1-27(2)10-7-21(31-27)16-3-5-19(20(28)13-16)22-15-32-23-6-4-17(14-24(23)35-26(32)30-22)25(33)29-18-8-11-34-12-9-18/h3-6,13-15,18,21,31H,7-12H2,1-2H3,(H,29,33). The number of nitrogens with zero attached hydrogens (tertiary/aromatic N) is 2. The molecule has 0 radical (unpaired) electrons. The number of amides is 1. The van der Waals surface area contributed by atoms with Gasteiger partial charge in [0.15, 0.2) is 4.96 Å². The average molecular weight is 493 g/mol. The van der Waals surface area contributed by atoms with Crippen LogP contribution in [0.2, 0.25) is 0 Å². The fourth-order valence-electron chi connectivity index (χ4n) is 5.21. The molecule has 2 N–H and O–H groups in total. The molecule has 8 heteroatoms. The molecule has 0 bridgehead atoms. The summed E-state index contributed by atoms with van der Waals surface area (Å²) < 4.78 is 23.5. The van der Waals surface area contributed by atoms with E-state index < -0.39 is 0 Å². The Morgan fingerprint density at radius 3 is 2.77 bits per heavy atom. The summed E-state index contributed by atoms with van der Waals surface area (Å²) in [5, 5.41) is 6.70. The van der Waals surface area contributed by atoms with Gasteiger partial charge in [0, 0.05) is 48.2 Å². The molecule has 6 rings (SSSR count). The molecule has 4 aromatic rings. The highest BCUT2D eigenvalue weighted by Crippen LogP contribution is 2.35. The first-order valence-corrected chi connectivity index (χ1v) is 13.1. The third kappa shape index (κ3) is 4.35. The van der Waals surface area contributed by atoms with E-state index in [1.807, 2.05) is 40.9 Å². The van der Waals surface area contributed by atoms with Crippen molar-refractivity contribution in [1.29, 1.82) is 0 Å². The Hall–Kier alpha value is -2.81. The molecule has 35 heavy (non-hydrogen) atoms. The van der Waals surface area contributed by atoms with E-state index in [4.69, 9.17) is 9.72 Å². The zero-order valence-corrected chi connectivity index (χ0v) is 20.8. The smallest absolute Gasteiger partial charge is 0.251 e. The monoisotopic (exact) mass is 492 g/mol. The number of carbonyl (C=O) groups excluding carboxylic acids is 1. The topological polar surface area (TPSA) is 67.7 Å². The van der Waals surface area contributed by atoms with E-state index in [9.17, 15) is 4.79 Å². The number of ether oxygens (including phenoxy) is 1. The summed E-state index contributed by atoms with van der Waals surface area (Å²) in [4.78, 5) is 18.2.